The van der Waals surface area contributed by atoms with Crippen molar-refractivity contribution < 1.29 is 14.6 Å². The van der Waals surface area contributed by atoms with E-state index < -0.39 is 5.41 Å². The third kappa shape index (κ3) is 2.63. The summed E-state index contributed by atoms with van der Waals surface area (Å²) in [4.78, 5) is 12.4. The number of fused-ring (bicyclic) bond motifs is 1. The number of rotatable bonds is 4. The van der Waals surface area contributed by atoms with Crippen molar-refractivity contribution in [3.05, 3.63) is 42.0 Å². The van der Waals surface area contributed by atoms with Crippen molar-refractivity contribution in [1.82, 2.24) is 0 Å². The molecule has 0 amide bonds. The zero-order valence-corrected chi connectivity index (χ0v) is 14.0. The molecule has 2 aliphatic carbocycles. The van der Waals surface area contributed by atoms with Crippen LogP contribution in [0.25, 0.3) is 0 Å². The summed E-state index contributed by atoms with van der Waals surface area (Å²) >= 11 is 0. The second-order valence-corrected chi connectivity index (χ2v) is 7.71. The highest BCUT2D eigenvalue weighted by Crippen LogP contribution is 2.52. The molecule has 4 unspecified atom stereocenters. The summed E-state index contributed by atoms with van der Waals surface area (Å²) in [6, 6.07) is 8.43. The summed E-state index contributed by atoms with van der Waals surface area (Å²) in [7, 11) is 0. The number of hydrogen-bond acceptors (Lipinski definition) is 4. The minimum Gasteiger partial charge on any atom is -0.465 e. The largest absolute Gasteiger partial charge is 0.465 e. The molecule has 0 radical (unpaired) electrons. The Bertz CT molecular complexity index is 653. The molecule has 1 heterocycles. The molecule has 4 heteroatoms. The minimum atomic E-state index is -0.395. The Labute approximate surface area is 142 Å². The topological polar surface area (TPSA) is 58.6 Å². The number of benzene rings is 1. The van der Waals surface area contributed by atoms with E-state index >= 15 is 0 Å². The zero-order chi connectivity index (χ0) is 16.7. The summed E-state index contributed by atoms with van der Waals surface area (Å²) in [5, 5.41) is 13.3. The van der Waals surface area contributed by atoms with Crippen molar-refractivity contribution in [2.45, 2.75) is 50.7 Å². The van der Waals surface area contributed by atoms with Gasteiger partial charge in [0.1, 0.15) is 0 Å². The Morgan fingerprint density at radius 1 is 1.29 bits per heavy atom. The number of anilines is 1. The van der Waals surface area contributed by atoms with Crippen LogP contribution >= 0.6 is 0 Å². The molecule has 2 N–H and O–H groups in total. The number of carbonyl (C=O) groups excluding carboxylic acids is 1. The molecule has 4 rings (SSSR count). The molecule has 1 aromatic rings. The van der Waals surface area contributed by atoms with Crippen LogP contribution in [0.3, 0.4) is 0 Å². The Morgan fingerprint density at radius 3 is 2.79 bits per heavy atom. The van der Waals surface area contributed by atoms with Crippen LogP contribution in [-0.2, 0) is 16.0 Å². The number of nitrogens with one attached hydrogen (secondary N) is 1. The molecule has 24 heavy (non-hydrogen) atoms. The Hall–Kier alpha value is -1.81. The fourth-order valence-corrected chi connectivity index (χ4v) is 4.67. The smallest absolute Gasteiger partial charge is 0.313 e. The number of hydrogen-bond donors (Lipinski definition) is 2. The van der Waals surface area contributed by atoms with Gasteiger partial charge in [-0.15, -0.1) is 0 Å². The molecule has 0 bridgehead atoms. The Morgan fingerprint density at radius 2 is 2.08 bits per heavy atom. The van der Waals surface area contributed by atoms with Gasteiger partial charge in [-0.3, -0.25) is 4.79 Å². The van der Waals surface area contributed by atoms with Gasteiger partial charge in [-0.2, -0.15) is 0 Å². The number of esters is 1. The van der Waals surface area contributed by atoms with E-state index in [-0.39, 0.29) is 24.0 Å². The molecule has 1 aliphatic heterocycles. The van der Waals surface area contributed by atoms with Gasteiger partial charge in [0.05, 0.1) is 24.2 Å². The van der Waals surface area contributed by atoms with Gasteiger partial charge in [-0.1, -0.05) is 24.3 Å². The molecular weight excluding hydrogens is 302 g/mol. The first-order chi connectivity index (χ1) is 11.6. The van der Waals surface area contributed by atoms with Gasteiger partial charge < -0.3 is 15.2 Å². The molecule has 3 fully saturated rings. The lowest BCUT2D eigenvalue weighted by Gasteiger charge is -2.24. The fourth-order valence-electron chi connectivity index (χ4n) is 4.67. The normalized spacial score (nSPS) is 35.1. The van der Waals surface area contributed by atoms with E-state index in [1.807, 2.05) is 0 Å². The van der Waals surface area contributed by atoms with Gasteiger partial charge in [0.15, 0.2) is 0 Å². The summed E-state index contributed by atoms with van der Waals surface area (Å²) in [5.74, 6) is 0.228. The maximum absolute atomic E-state index is 12.4. The zero-order valence-electron chi connectivity index (χ0n) is 14.0. The van der Waals surface area contributed by atoms with Gasteiger partial charge in [0.2, 0.25) is 0 Å². The van der Waals surface area contributed by atoms with Crippen molar-refractivity contribution >= 4 is 11.7 Å². The summed E-state index contributed by atoms with van der Waals surface area (Å²) in [5.41, 5.74) is 2.97. The third-order valence-electron chi connectivity index (χ3n) is 6.01. The van der Waals surface area contributed by atoms with Crippen molar-refractivity contribution in [2.24, 2.45) is 11.3 Å². The van der Waals surface area contributed by atoms with Crippen molar-refractivity contribution in [2.75, 3.05) is 11.9 Å². The van der Waals surface area contributed by atoms with Crippen LogP contribution in [0, 0.1) is 11.3 Å². The molecule has 3 aliphatic rings. The van der Waals surface area contributed by atoms with Gasteiger partial charge in [0, 0.05) is 11.6 Å². The quantitative estimate of drug-likeness (QED) is 0.659. The lowest BCUT2D eigenvalue weighted by atomic mass is 9.75. The molecule has 0 spiro atoms. The number of ether oxygens (including phenoxy) is 1. The molecule has 2 saturated carbocycles. The van der Waals surface area contributed by atoms with Gasteiger partial charge in [-0.05, 0) is 56.2 Å². The summed E-state index contributed by atoms with van der Waals surface area (Å²) in [6.45, 7) is 4.63. The van der Waals surface area contributed by atoms with E-state index in [1.54, 1.807) is 0 Å². The van der Waals surface area contributed by atoms with Crippen molar-refractivity contribution in [3.8, 4) is 0 Å². The van der Waals surface area contributed by atoms with E-state index in [1.165, 1.54) is 5.57 Å². The second-order valence-electron chi connectivity index (χ2n) is 7.71. The summed E-state index contributed by atoms with van der Waals surface area (Å²) < 4.78 is 5.35. The van der Waals surface area contributed by atoms with Crippen LogP contribution in [-0.4, -0.2) is 29.8 Å². The second kappa shape index (κ2) is 5.92. The highest BCUT2D eigenvalue weighted by Gasteiger charge is 2.55. The minimum absolute atomic E-state index is 0.0533. The highest BCUT2D eigenvalue weighted by molar-refractivity contribution is 5.81. The molecule has 128 valence electrons. The maximum Gasteiger partial charge on any atom is 0.313 e. The van der Waals surface area contributed by atoms with Crippen LogP contribution in [0.2, 0.25) is 0 Å². The van der Waals surface area contributed by atoms with Crippen LogP contribution in [0.1, 0.15) is 37.7 Å². The first kappa shape index (κ1) is 15.7. The van der Waals surface area contributed by atoms with Crippen molar-refractivity contribution in [3.63, 3.8) is 0 Å². The van der Waals surface area contributed by atoms with E-state index in [0.717, 1.165) is 49.8 Å². The number of aliphatic hydroxyl groups excluding tert-OH is 1. The van der Waals surface area contributed by atoms with Crippen LogP contribution in [0.4, 0.5) is 5.69 Å². The molecule has 1 saturated heterocycles. The molecule has 0 aromatic heterocycles. The Balaban J connectivity index is 1.47. The SMILES string of the molecule is C=C1CC2COC(=O)C2(Cc2ccc(NC3CCCC3O)cc2)C1. The lowest BCUT2D eigenvalue weighted by Crippen LogP contribution is -2.31. The van der Waals surface area contributed by atoms with Gasteiger partial charge in [0.25, 0.3) is 0 Å². The van der Waals surface area contributed by atoms with Crippen LogP contribution in [0.5, 0.6) is 0 Å². The first-order valence-corrected chi connectivity index (χ1v) is 8.94. The average Bonchev–Trinajstić information content (AvgIpc) is 3.18. The van der Waals surface area contributed by atoms with Crippen LogP contribution < -0.4 is 5.32 Å². The number of cyclic esters (lactones) is 1. The molecule has 4 nitrogen and oxygen atoms in total. The lowest BCUT2D eigenvalue weighted by molar-refractivity contribution is -0.146. The monoisotopic (exact) mass is 327 g/mol. The molecular formula is C20H25NO3. The third-order valence-corrected chi connectivity index (χ3v) is 6.01. The van der Waals surface area contributed by atoms with E-state index in [2.05, 4.69) is 36.2 Å². The standard InChI is InChI=1S/C20H25NO3/c1-13-9-15-12-24-19(23)20(15,10-13)11-14-5-7-16(8-6-14)21-17-3-2-4-18(17)22/h5-8,15,17-18,21-22H,1-4,9-12H2. The highest BCUT2D eigenvalue weighted by atomic mass is 16.5. The molecule has 1 aromatic carbocycles. The number of allylic oxidation sites excluding steroid dienone is 1. The van der Waals surface area contributed by atoms with Crippen molar-refractivity contribution in [1.29, 1.82) is 0 Å². The predicted molar refractivity (Wildman–Crippen MR) is 92.7 cm³/mol. The first-order valence-electron chi connectivity index (χ1n) is 8.94. The molecule has 4 atom stereocenters. The Kier molecular flexibility index (Phi) is 3.87. The fraction of sp³-hybridized carbons (Fsp3) is 0.550. The van der Waals surface area contributed by atoms with E-state index in [9.17, 15) is 9.90 Å². The number of aliphatic hydroxyl groups is 1. The number of carbonyl (C=O) groups is 1. The van der Waals surface area contributed by atoms with Gasteiger partial charge in [-0.25, -0.2) is 0 Å². The summed E-state index contributed by atoms with van der Waals surface area (Å²) in [6.07, 6.45) is 5.11. The van der Waals surface area contributed by atoms with Gasteiger partial charge >= 0.3 is 5.97 Å². The maximum atomic E-state index is 12.4. The van der Waals surface area contributed by atoms with Crippen LogP contribution in [0.15, 0.2) is 36.4 Å². The predicted octanol–water partition coefficient (Wildman–Crippen LogP) is 3.06. The van der Waals surface area contributed by atoms with E-state index in [4.69, 9.17) is 4.74 Å². The van der Waals surface area contributed by atoms with E-state index in [0.29, 0.717) is 6.61 Å². The average molecular weight is 327 g/mol.